The molecule has 2 fully saturated rings. The van der Waals surface area contributed by atoms with Crippen LogP contribution in [0.5, 0.6) is 0 Å². The minimum absolute atomic E-state index is 0.0222. The zero-order valence-electron chi connectivity index (χ0n) is 17.8. The van der Waals surface area contributed by atoms with Crippen LogP contribution in [0.15, 0.2) is 0 Å². The smallest absolute Gasteiger partial charge is 0.335 e. The second-order valence-electron chi connectivity index (χ2n) is 8.13. The van der Waals surface area contributed by atoms with Gasteiger partial charge >= 0.3 is 5.97 Å². The number of hydrogen-bond donors (Lipinski definition) is 6. The lowest BCUT2D eigenvalue weighted by molar-refractivity contribution is -0.313. The lowest BCUT2D eigenvalue weighted by atomic mass is 9.99. The minimum atomic E-state index is -1.81. The molecule has 0 aromatic heterocycles. The predicted octanol–water partition coefficient (Wildman–Crippen LogP) is -0.891. The van der Waals surface area contributed by atoms with Gasteiger partial charge < -0.3 is 49.6 Å². The van der Waals surface area contributed by atoms with Crippen LogP contribution in [0.2, 0.25) is 0 Å². The first-order valence-electron chi connectivity index (χ1n) is 10.9. The topological polar surface area (TPSA) is 175 Å². The maximum atomic E-state index is 11.2. The Morgan fingerprint density at radius 1 is 0.839 bits per heavy atom. The van der Waals surface area contributed by atoms with Gasteiger partial charge in [-0.1, -0.05) is 39.0 Å². The van der Waals surface area contributed by atoms with Crippen LogP contribution < -0.4 is 0 Å². The van der Waals surface area contributed by atoms with Crippen molar-refractivity contribution in [3.8, 4) is 0 Å². The molecule has 31 heavy (non-hydrogen) atoms. The van der Waals surface area contributed by atoms with E-state index >= 15 is 0 Å². The van der Waals surface area contributed by atoms with Gasteiger partial charge in [0.05, 0.1) is 18.8 Å². The zero-order valence-corrected chi connectivity index (χ0v) is 17.8. The molecule has 9 atom stereocenters. The third kappa shape index (κ3) is 7.58. The third-order valence-corrected chi connectivity index (χ3v) is 5.54. The van der Waals surface area contributed by atoms with Crippen molar-refractivity contribution in [2.24, 2.45) is 0 Å². The van der Waals surface area contributed by atoms with Gasteiger partial charge in [0.2, 0.25) is 0 Å². The van der Waals surface area contributed by atoms with E-state index in [-0.39, 0.29) is 13.0 Å². The van der Waals surface area contributed by atoms with Gasteiger partial charge in [-0.3, -0.25) is 0 Å². The van der Waals surface area contributed by atoms with Gasteiger partial charge in [-0.15, -0.1) is 0 Å². The number of rotatable bonds is 12. The summed E-state index contributed by atoms with van der Waals surface area (Å²) >= 11 is 0. The summed E-state index contributed by atoms with van der Waals surface area (Å²) in [6.45, 7) is 2.29. The van der Waals surface area contributed by atoms with Crippen LogP contribution in [0.1, 0.15) is 51.9 Å². The summed E-state index contributed by atoms with van der Waals surface area (Å²) in [6, 6.07) is 0. The highest BCUT2D eigenvalue weighted by Crippen LogP contribution is 2.26. The summed E-state index contributed by atoms with van der Waals surface area (Å²) < 4.78 is 21.6. The van der Waals surface area contributed by atoms with E-state index in [0.717, 1.165) is 19.3 Å². The second-order valence-corrected chi connectivity index (χ2v) is 8.13. The number of carboxylic acids is 1. The number of carbonyl (C=O) groups is 1. The van der Waals surface area contributed by atoms with Crippen LogP contribution in [0.3, 0.4) is 0 Å². The molecule has 0 bridgehead atoms. The Morgan fingerprint density at radius 2 is 1.48 bits per heavy atom. The molecule has 2 saturated heterocycles. The Labute approximate surface area is 181 Å². The van der Waals surface area contributed by atoms with Gasteiger partial charge in [0.25, 0.3) is 0 Å². The van der Waals surface area contributed by atoms with Crippen LogP contribution >= 0.6 is 0 Å². The highest BCUT2D eigenvalue weighted by molar-refractivity contribution is 5.73. The number of aliphatic hydroxyl groups is 5. The molecule has 0 unspecified atom stereocenters. The molecule has 6 N–H and O–H groups in total. The summed E-state index contributed by atoms with van der Waals surface area (Å²) in [5.41, 5.74) is 0. The number of hydrogen-bond acceptors (Lipinski definition) is 10. The zero-order chi connectivity index (χ0) is 23.0. The normalized spacial score (nSPS) is 38.8. The first-order chi connectivity index (χ1) is 14.8. The molecule has 0 spiro atoms. The standard InChI is InChI=1S/C20H36O11/c1-2-3-4-5-6-7-8-28-19-13(22)12(21)9-11(30-19)10-29-20-16(25)14(23)15(24)17(31-20)18(26)27/h11-17,19-25H,2-10H2,1H3,(H,26,27)/t11-,12-,13+,14-,15+,16+,17-,19+,20-/m0/s1. The molecule has 0 aromatic carbocycles. The Morgan fingerprint density at radius 3 is 2.16 bits per heavy atom. The molecule has 2 rings (SSSR count). The largest absolute Gasteiger partial charge is 0.479 e. The lowest BCUT2D eigenvalue weighted by Gasteiger charge is -2.40. The first-order valence-corrected chi connectivity index (χ1v) is 10.9. The van der Waals surface area contributed by atoms with Crippen molar-refractivity contribution >= 4 is 5.97 Å². The summed E-state index contributed by atoms with van der Waals surface area (Å²) in [7, 11) is 0. The van der Waals surface area contributed by atoms with E-state index in [1.165, 1.54) is 19.3 Å². The van der Waals surface area contributed by atoms with Crippen molar-refractivity contribution in [1.82, 2.24) is 0 Å². The fourth-order valence-electron chi connectivity index (χ4n) is 3.63. The van der Waals surface area contributed by atoms with Gasteiger partial charge in [-0.05, 0) is 6.42 Å². The number of aliphatic hydroxyl groups excluding tert-OH is 5. The highest BCUT2D eigenvalue weighted by atomic mass is 16.7. The Hall–Kier alpha value is -0.890. The molecule has 0 aromatic rings. The quantitative estimate of drug-likeness (QED) is 0.203. The van der Waals surface area contributed by atoms with Gasteiger partial charge in [0.1, 0.15) is 24.4 Å². The van der Waals surface area contributed by atoms with Crippen molar-refractivity contribution in [1.29, 1.82) is 0 Å². The summed E-state index contributed by atoms with van der Waals surface area (Å²) in [5.74, 6) is -1.51. The molecule has 2 heterocycles. The van der Waals surface area contributed by atoms with Crippen LogP contribution in [-0.4, -0.2) is 105 Å². The van der Waals surface area contributed by atoms with Crippen molar-refractivity contribution in [2.45, 2.75) is 107 Å². The molecule has 11 nitrogen and oxygen atoms in total. The summed E-state index contributed by atoms with van der Waals surface area (Å²) in [5, 5.41) is 58.8. The van der Waals surface area contributed by atoms with Crippen LogP contribution in [0, 0.1) is 0 Å². The fraction of sp³-hybridized carbons (Fsp3) is 0.950. The fourth-order valence-corrected chi connectivity index (χ4v) is 3.63. The van der Waals surface area contributed by atoms with Crippen molar-refractivity contribution in [3.63, 3.8) is 0 Å². The van der Waals surface area contributed by atoms with Gasteiger partial charge in [-0.25, -0.2) is 4.79 Å². The van der Waals surface area contributed by atoms with E-state index in [9.17, 15) is 30.3 Å². The first kappa shape index (κ1) is 26.4. The minimum Gasteiger partial charge on any atom is -0.479 e. The van der Waals surface area contributed by atoms with E-state index in [1.54, 1.807) is 0 Å². The second kappa shape index (κ2) is 13.0. The van der Waals surface area contributed by atoms with E-state index in [1.807, 2.05) is 0 Å². The number of aliphatic carboxylic acids is 1. The molecule has 11 heteroatoms. The third-order valence-electron chi connectivity index (χ3n) is 5.54. The van der Waals surface area contributed by atoms with E-state index in [0.29, 0.717) is 6.61 Å². The number of ether oxygens (including phenoxy) is 4. The molecule has 0 radical (unpaired) electrons. The van der Waals surface area contributed by atoms with Crippen molar-refractivity contribution in [2.75, 3.05) is 13.2 Å². The Kier molecular flexibility index (Phi) is 11.0. The average molecular weight is 452 g/mol. The Bertz CT molecular complexity index is 533. The average Bonchev–Trinajstić information content (AvgIpc) is 2.73. The van der Waals surface area contributed by atoms with E-state index < -0.39 is 61.3 Å². The maximum Gasteiger partial charge on any atom is 0.335 e. The predicted molar refractivity (Wildman–Crippen MR) is 105 cm³/mol. The van der Waals surface area contributed by atoms with Crippen LogP contribution in [-0.2, 0) is 23.7 Å². The SMILES string of the molecule is CCCCCCCCO[C@@H]1O[C@H](CO[C@H]2O[C@H](C(=O)O)[C@H](O)[C@H](O)[C@H]2O)C[C@H](O)[C@H]1O. The lowest BCUT2D eigenvalue weighted by Crippen LogP contribution is -2.60. The van der Waals surface area contributed by atoms with E-state index in [4.69, 9.17) is 24.1 Å². The molecule has 2 aliphatic rings. The van der Waals surface area contributed by atoms with Crippen molar-refractivity contribution in [3.05, 3.63) is 0 Å². The molecular formula is C20H36O11. The van der Waals surface area contributed by atoms with Gasteiger partial charge in [0.15, 0.2) is 18.7 Å². The molecule has 182 valence electrons. The molecular weight excluding hydrogens is 416 g/mol. The van der Waals surface area contributed by atoms with Gasteiger partial charge in [0, 0.05) is 13.0 Å². The molecule has 0 amide bonds. The number of unbranched alkanes of at least 4 members (excludes halogenated alkanes) is 5. The van der Waals surface area contributed by atoms with Crippen LogP contribution in [0.25, 0.3) is 0 Å². The molecule has 0 saturated carbocycles. The van der Waals surface area contributed by atoms with Crippen LogP contribution in [0.4, 0.5) is 0 Å². The van der Waals surface area contributed by atoms with E-state index in [2.05, 4.69) is 6.92 Å². The van der Waals surface area contributed by atoms with Gasteiger partial charge in [-0.2, -0.15) is 0 Å². The van der Waals surface area contributed by atoms with Crippen molar-refractivity contribution < 1.29 is 54.4 Å². The molecule has 2 aliphatic heterocycles. The highest BCUT2D eigenvalue weighted by Gasteiger charge is 2.48. The monoisotopic (exact) mass is 452 g/mol. The maximum absolute atomic E-state index is 11.2. The summed E-state index contributed by atoms with van der Waals surface area (Å²) in [6.07, 6.45) is -6.21. The Balaban J connectivity index is 1.80. The molecule has 0 aliphatic carbocycles. The number of carboxylic acid groups (broad SMARTS) is 1. The summed E-state index contributed by atoms with van der Waals surface area (Å²) in [4.78, 5) is 11.2.